The first-order valence-corrected chi connectivity index (χ1v) is 6.49. The van der Waals surface area contributed by atoms with E-state index in [4.69, 9.17) is 9.47 Å². The topological polar surface area (TPSA) is 38.7 Å². The van der Waals surface area contributed by atoms with E-state index in [9.17, 15) is 5.11 Å². The Hall–Kier alpha value is -0.480. The molecule has 1 atom stereocenters. The van der Waals surface area contributed by atoms with Crippen molar-refractivity contribution in [3.05, 3.63) is 35.6 Å². The molecule has 2 rings (SSSR count). The molecular formula is C15H21NaO3. The van der Waals surface area contributed by atoms with Crippen molar-refractivity contribution in [1.29, 1.82) is 0 Å². The van der Waals surface area contributed by atoms with Gasteiger partial charge in [0.15, 0.2) is 0 Å². The fraction of sp³-hybridized carbons (Fsp3) is 0.467. The summed E-state index contributed by atoms with van der Waals surface area (Å²) in [6, 6.07) is 4.04. The summed E-state index contributed by atoms with van der Waals surface area (Å²) in [6.45, 7) is 4.18. The fourth-order valence-electron chi connectivity index (χ4n) is 2.09. The van der Waals surface area contributed by atoms with Gasteiger partial charge in [0.2, 0.25) is 0 Å². The van der Waals surface area contributed by atoms with Crippen LogP contribution in [0.3, 0.4) is 0 Å². The van der Waals surface area contributed by atoms with E-state index in [2.05, 4.69) is 13.0 Å². The second-order valence-electron chi connectivity index (χ2n) is 4.63. The van der Waals surface area contributed by atoms with Crippen LogP contribution in [0.1, 0.15) is 32.8 Å². The van der Waals surface area contributed by atoms with Gasteiger partial charge in [-0.1, -0.05) is 19.4 Å². The van der Waals surface area contributed by atoms with Crippen LogP contribution in [0.4, 0.5) is 0 Å². The molecule has 1 aromatic rings. The van der Waals surface area contributed by atoms with Gasteiger partial charge in [0.05, 0.1) is 12.4 Å². The number of allylic oxidation sites excluding steroid dienone is 1. The van der Waals surface area contributed by atoms with Gasteiger partial charge in [-0.05, 0) is 31.1 Å². The summed E-state index contributed by atoms with van der Waals surface area (Å²) >= 11 is 0. The molecule has 0 spiro atoms. The average Bonchev–Trinajstić information content (AvgIpc) is 2.38. The molecule has 0 aliphatic carbocycles. The van der Waals surface area contributed by atoms with E-state index < -0.39 is 6.10 Å². The minimum Gasteiger partial charge on any atom is -1.00 e. The van der Waals surface area contributed by atoms with E-state index in [0.717, 1.165) is 36.3 Å². The van der Waals surface area contributed by atoms with Gasteiger partial charge >= 0.3 is 29.6 Å². The molecule has 0 bridgehead atoms. The zero-order valence-corrected chi connectivity index (χ0v) is 14.0. The van der Waals surface area contributed by atoms with Crippen molar-refractivity contribution >= 4 is 0 Å². The summed E-state index contributed by atoms with van der Waals surface area (Å²) < 4.78 is 11.3. The molecule has 1 N–H and O–H groups in total. The number of ether oxygens (including phenoxy) is 2. The van der Waals surface area contributed by atoms with E-state index >= 15 is 0 Å². The first-order valence-electron chi connectivity index (χ1n) is 6.49. The average molecular weight is 272 g/mol. The molecule has 19 heavy (non-hydrogen) atoms. The standard InChI is InChI=1S/C15H20O3.Na.H/c1-3-5-12-7-8-14(18-10-11(2)16)13-6-4-9-17-15(12)13;;/h4,7-9,11,16H,3,5-6,10H2,1-2H3;;/q;+1;-1. The van der Waals surface area contributed by atoms with E-state index in [1.54, 1.807) is 13.2 Å². The number of benzene rings is 1. The Bertz CT molecular complexity index is 447. The van der Waals surface area contributed by atoms with E-state index in [-0.39, 0.29) is 31.0 Å². The van der Waals surface area contributed by atoms with Crippen molar-refractivity contribution < 1.29 is 45.6 Å². The van der Waals surface area contributed by atoms with Gasteiger partial charge in [-0.25, -0.2) is 0 Å². The molecule has 1 heterocycles. The van der Waals surface area contributed by atoms with Crippen molar-refractivity contribution in [3.8, 4) is 11.5 Å². The Morgan fingerprint density at radius 1 is 1.47 bits per heavy atom. The van der Waals surface area contributed by atoms with Gasteiger partial charge < -0.3 is 16.0 Å². The molecule has 1 aromatic carbocycles. The van der Waals surface area contributed by atoms with Gasteiger partial charge in [-0.15, -0.1) is 0 Å². The summed E-state index contributed by atoms with van der Waals surface area (Å²) in [5, 5.41) is 9.29. The number of aliphatic hydroxyl groups excluding tert-OH is 1. The van der Waals surface area contributed by atoms with Crippen LogP contribution in [0.15, 0.2) is 24.5 Å². The maximum Gasteiger partial charge on any atom is 1.00 e. The third kappa shape index (κ3) is 4.25. The van der Waals surface area contributed by atoms with Gasteiger partial charge in [0.25, 0.3) is 0 Å². The normalized spacial score (nSPS) is 14.1. The summed E-state index contributed by atoms with van der Waals surface area (Å²) in [4.78, 5) is 0. The number of rotatable bonds is 5. The number of aryl methyl sites for hydroxylation is 1. The first kappa shape index (κ1) is 16.6. The minimum atomic E-state index is -0.462. The minimum absolute atomic E-state index is 0. The fourth-order valence-corrected chi connectivity index (χ4v) is 2.09. The van der Waals surface area contributed by atoms with Crippen LogP contribution >= 0.6 is 0 Å². The predicted octanol–water partition coefficient (Wildman–Crippen LogP) is -0.0362. The van der Waals surface area contributed by atoms with E-state index in [1.807, 2.05) is 12.1 Å². The molecule has 0 radical (unpaired) electrons. The van der Waals surface area contributed by atoms with Gasteiger partial charge in [0, 0.05) is 12.0 Å². The summed E-state index contributed by atoms with van der Waals surface area (Å²) in [6.07, 6.45) is 6.17. The smallest absolute Gasteiger partial charge is 1.00 e. The first-order chi connectivity index (χ1) is 8.72. The second kappa shape index (κ2) is 7.95. The molecule has 0 fully saturated rings. The Labute approximate surface area is 138 Å². The Kier molecular flexibility index (Phi) is 6.94. The van der Waals surface area contributed by atoms with Crippen LogP contribution in [-0.2, 0) is 12.8 Å². The van der Waals surface area contributed by atoms with Crippen molar-refractivity contribution in [2.75, 3.05) is 6.61 Å². The number of hydrogen-bond acceptors (Lipinski definition) is 3. The molecule has 1 aliphatic heterocycles. The van der Waals surface area contributed by atoms with Crippen LogP contribution in [0.5, 0.6) is 11.5 Å². The monoisotopic (exact) mass is 272 g/mol. The molecule has 0 amide bonds. The van der Waals surface area contributed by atoms with E-state index in [0.29, 0.717) is 6.61 Å². The SMILES string of the molecule is CCCc1ccc(OCC(C)O)c2c1OC=CC2.[H-].[Na+]. The molecule has 100 valence electrons. The molecule has 0 saturated heterocycles. The zero-order valence-electron chi connectivity index (χ0n) is 13.0. The van der Waals surface area contributed by atoms with E-state index in [1.165, 1.54) is 5.56 Å². The molecular weight excluding hydrogens is 251 g/mol. The maximum atomic E-state index is 9.29. The number of fused-ring (bicyclic) bond motifs is 1. The summed E-state index contributed by atoms with van der Waals surface area (Å²) in [5.74, 6) is 1.75. The largest absolute Gasteiger partial charge is 1.00 e. The summed E-state index contributed by atoms with van der Waals surface area (Å²) in [5.41, 5.74) is 2.31. The molecule has 4 heteroatoms. The molecule has 1 aliphatic rings. The van der Waals surface area contributed by atoms with Gasteiger partial charge in [-0.2, -0.15) is 0 Å². The predicted molar refractivity (Wildman–Crippen MR) is 72.2 cm³/mol. The third-order valence-electron chi connectivity index (χ3n) is 2.90. The summed E-state index contributed by atoms with van der Waals surface area (Å²) in [7, 11) is 0. The zero-order chi connectivity index (χ0) is 13.0. The van der Waals surface area contributed by atoms with Gasteiger partial charge in [-0.3, -0.25) is 0 Å². The Morgan fingerprint density at radius 3 is 2.95 bits per heavy atom. The van der Waals surface area contributed by atoms with Crippen LogP contribution < -0.4 is 39.0 Å². The third-order valence-corrected chi connectivity index (χ3v) is 2.90. The van der Waals surface area contributed by atoms with Crippen LogP contribution in [0, 0.1) is 0 Å². The quantitative estimate of drug-likeness (QED) is 0.765. The molecule has 0 aromatic heterocycles. The van der Waals surface area contributed by atoms with Crippen molar-refractivity contribution in [2.45, 2.75) is 39.2 Å². The van der Waals surface area contributed by atoms with Crippen molar-refractivity contribution in [2.24, 2.45) is 0 Å². The maximum absolute atomic E-state index is 9.29. The van der Waals surface area contributed by atoms with Crippen molar-refractivity contribution in [1.82, 2.24) is 0 Å². The van der Waals surface area contributed by atoms with Crippen LogP contribution in [0.25, 0.3) is 0 Å². The van der Waals surface area contributed by atoms with Crippen molar-refractivity contribution in [3.63, 3.8) is 0 Å². The van der Waals surface area contributed by atoms with Crippen LogP contribution in [-0.4, -0.2) is 17.8 Å². The van der Waals surface area contributed by atoms with Crippen LogP contribution in [0.2, 0.25) is 0 Å². The molecule has 3 nitrogen and oxygen atoms in total. The Balaban J connectivity index is 0.00000180. The Morgan fingerprint density at radius 2 is 2.26 bits per heavy atom. The molecule has 1 unspecified atom stereocenters. The number of hydrogen-bond donors (Lipinski definition) is 1. The second-order valence-corrected chi connectivity index (χ2v) is 4.63. The number of aliphatic hydroxyl groups is 1. The molecule has 0 saturated carbocycles. The van der Waals surface area contributed by atoms with Gasteiger partial charge in [0.1, 0.15) is 18.1 Å².